The fraction of sp³-hybridized carbons (Fsp3) is 0.200. The van der Waals surface area contributed by atoms with Crippen molar-refractivity contribution in [2.75, 3.05) is 13.1 Å². The summed E-state index contributed by atoms with van der Waals surface area (Å²) in [5.41, 5.74) is 0. The average Bonchev–Trinajstić information content (AvgIpc) is 2.43. The summed E-state index contributed by atoms with van der Waals surface area (Å²) in [5.74, 6) is 0. The minimum Gasteiger partial charge on any atom is -0.207 e. The quantitative estimate of drug-likeness (QED) is 0.665. The SMILES string of the molecule is N#CCNS(=O)(=O)c1ccccc1S(=O)(=O)NCC#N. The van der Waals surface area contributed by atoms with Crippen LogP contribution in [0.4, 0.5) is 0 Å². The van der Waals surface area contributed by atoms with Gasteiger partial charge in [-0.3, -0.25) is 0 Å². The van der Waals surface area contributed by atoms with Crippen LogP contribution < -0.4 is 9.44 Å². The minimum atomic E-state index is -4.14. The van der Waals surface area contributed by atoms with Gasteiger partial charge in [0.15, 0.2) is 0 Å². The third kappa shape index (κ3) is 3.76. The Hall–Kier alpha value is -1.98. The summed E-state index contributed by atoms with van der Waals surface area (Å²) in [6, 6.07) is 8.07. The average molecular weight is 314 g/mol. The van der Waals surface area contributed by atoms with Gasteiger partial charge in [-0.2, -0.15) is 20.0 Å². The van der Waals surface area contributed by atoms with E-state index in [0.717, 1.165) is 12.1 Å². The van der Waals surface area contributed by atoms with Crippen molar-refractivity contribution in [1.29, 1.82) is 10.5 Å². The van der Waals surface area contributed by atoms with E-state index >= 15 is 0 Å². The van der Waals surface area contributed by atoms with Crippen LogP contribution in [0.3, 0.4) is 0 Å². The summed E-state index contributed by atoms with van der Waals surface area (Å²) in [6.07, 6.45) is 0. The summed E-state index contributed by atoms with van der Waals surface area (Å²) in [5, 5.41) is 16.8. The van der Waals surface area contributed by atoms with Crippen molar-refractivity contribution >= 4 is 20.0 Å². The van der Waals surface area contributed by atoms with E-state index in [2.05, 4.69) is 0 Å². The number of sulfonamides is 2. The number of nitriles is 2. The van der Waals surface area contributed by atoms with Crippen LogP contribution in [0.1, 0.15) is 0 Å². The summed E-state index contributed by atoms with van der Waals surface area (Å²) in [6.45, 7) is -0.968. The predicted octanol–water partition coefficient (Wildman–Crippen LogP) is -0.710. The normalized spacial score (nSPS) is 11.5. The second-order valence-electron chi connectivity index (χ2n) is 3.41. The summed E-state index contributed by atoms with van der Waals surface area (Å²) < 4.78 is 51.5. The van der Waals surface area contributed by atoms with E-state index in [9.17, 15) is 16.8 Å². The molecule has 8 nitrogen and oxygen atoms in total. The summed E-state index contributed by atoms with van der Waals surface area (Å²) in [4.78, 5) is -0.971. The van der Waals surface area contributed by atoms with Crippen LogP contribution in [0, 0.1) is 22.7 Å². The molecular formula is C10H10N4O4S2. The zero-order chi connectivity index (χ0) is 15.2. The molecule has 0 saturated heterocycles. The van der Waals surface area contributed by atoms with Gasteiger partial charge in [-0.05, 0) is 12.1 Å². The van der Waals surface area contributed by atoms with Gasteiger partial charge in [0, 0.05) is 0 Å². The Bertz CT molecular complexity index is 705. The van der Waals surface area contributed by atoms with E-state index in [1.165, 1.54) is 12.1 Å². The number of nitrogens with one attached hydrogen (secondary N) is 2. The molecule has 0 aliphatic carbocycles. The lowest BCUT2D eigenvalue weighted by Gasteiger charge is -2.10. The minimum absolute atomic E-state index is 0.484. The molecule has 0 fully saturated rings. The number of nitrogens with zero attached hydrogens (tertiary/aromatic N) is 2. The highest BCUT2D eigenvalue weighted by Crippen LogP contribution is 2.20. The van der Waals surface area contributed by atoms with Crippen molar-refractivity contribution in [1.82, 2.24) is 9.44 Å². The maximum absolute atomic E-state index is 11.9. The Morgan fingerprint density at radius 2 is 1.20 bits per heavy atom. The van der Waals surface area contributed by atoms with Crippen LogP contribution in [0.25, 0.3) is 0 Å². The smallest absolute Gasteiger partial charge is 0.207 e. The Morgan fingerprint density at radius 1 is 0.850 bits per heavy atom. The lowest BCUT2D eigenvalue weighted by Crippen LogP contribution is -2.29. The van der Waals surface area contributed by atoms with E-state index in [0.29, 0.717) is 0 Å². The van der Waals surface area contributed by atoms with Crippen molar-refractivity contribution < 1.29 is 16.8 Å². The molecule has 10 heteroatoms. The van der Waals surface area contributed by atoms with Gasteiger partial charge in [-0.1, -0.05) is 12.1 Å². The van der Waals surface area contributed by atoms with Crippen molar-refractivity contribution in [3.8, 4) is 12.1 Å². The lowest BCUT2D eigenvalue weighted by molar-refractivity contribution is 0.571. The highest BCUT2D eigenvalue weighted by atomic mass is 32.2. The van der Waals surface area contributed by atoms with E-state index in [1.807, 2.05) is 9.44 Å². The molecule has 20 heavy (non-hydrogen) atoms. The molecule has 0 aliphatic rings. The first-order valence-electron chi connectivity index (χ1n) is 5.17. The van der Waals surface area contributed by atoms with Gasteiger partial charge >= 0.3 is 0 Å². The zero-order valence-corrected chi connectivity index (χ0v) is 11.7. The van der Waals surface area contributed by atoms with Crippen LogP contribution in [-0.2, 0) is 20.0 Å². The third-order valence-corrected chi connectivity index (χ3v) is 5.16. The molecule has 0 aromatic heterocycles. The first kappa shape index (κ1) is 16.1. The van der Waals surface area contributed by atoms with Gasteiger partial charge in [-0.15, -0.1) is 0 Å². The van der Waals surface area contributed by atoms with Crippen molar-refractivity contribution in [3.05, 3.63) is 24.3 Å². The number of hydrogen-bond acceptors (Lipinski definition) is 6. The molecule has 1 rings (SSSR count). The van der Waals surface area contributed by atoms with Crippen LogP contribution in [0.5, 0.6) is 0 Å². The van der Waals surface area contributed by atoms with Crippen LogP contribution in [-0.4, -0.2) is 29.9 Å². The van der Waals surface area contributed by atoms with Crippen molar-refractivity contribution in [3.63, 3.8) is 0 Å². The van der Waals surface area contributed by atoms with Gasteiger partial charge in [0.05, 0.1) is 25.2 Å². The second-order valence-corrected chi connectivity index (χ2v) is 6.88. The zero-order valence-electron chi connectivity index (χ0n) is 10.1. The molecular weight excluding hydrogens is 304 g/mol. The molecule has 0 spiro atoms. The van der Waals surface area contributed by atoms with E-state index in [1.54, 1.807) is 12.1 Å². The van der Waals surface area contributed by atoms with E-state index < -0.39 is 42.9 Å². The van der Waals surface area contributed by atoms with Crippen molar-refractivity contribution in [2.24, 2.45) is 0 Å². The summed E-state index contributed by atoms with van der Waals surface area (Å²) in [7, 11) is -8.27. The van der Waals surface area contributed by atoms with Gasteiger partial charge in [0.1, 0.15) is 9.79 Å². The molecule has 0 bridgehead atoms. The molecule has 0 amide bonds. The predicted molar refractivity (Wildman–Crippen MR) is 68.0 cm³/mol. The van der Waals surface area contributed by atoms with E-state index in [-0.39, 0.29) is 0 Å². The van der Waals surface area contributed by atoms with Gasteiger partial charge in [0.2, 0.25) is 20.0 Å². The number of benzene rings is 1. The Labute approximate surface area is 116 Å². The molecule has 0 radical (unpaired) electrons. The molecule has 0 heterocycles. The largest absolute Gasteiger partial charge is 0.242 e. The highest BCUT2D eigenvalue weighted by molar-refractivity contribution is 7.92. The van der Waals surface area contributed by atoms with Gasteiger partial charge < -0.3 is 0 Å². The van der Waals surface area contributed by atoms with Crippen LogP contribution in [0.2, 0.25) is 0 Å². The van der Waals surface area contributed by atoms with E-state index in [4.69, 9.17) is 10.5 Å². The fourth-order valence-electron chi connectivity index (χ4n) is 1.30. The molecule has 2 N–H and O–H groups in total. The van der Waals surface area contributed by atoms with Crippen LogP contribution >= 0.6 is 0 Å². The molecule has 0 atom stereocenters. The third-order valence-electron chi connectivity index (χ3n) is 2.11. The molecule has 106 valence electrons. The first-order valence-corrected chi connectivity index (χ1v) is 8.14. The van der Waals surface area contributed by atoms with Crippen LogP contribution in [0.15, 0.2) is 34.1 Å². The molecule has 0 aliphatic heterocycles. The van der Waals surface area contributed by atoms with Gasteiger partial charge in [-0.25, -0.2) is 16.8 Å². The standard InChI is InChI=1S/C10H10N4O4S2/c11-5-7-13-19(15,16)9-3-1-2-4-10(9)20(17,18)14-8-6-12/h1-4,13-14H,7-8H2. The Kier molecular flexibility index (Phi) is 5.19. The monoisotopic (exact) mass is 314 g/mol. The second kappa shape index (κ2) is 6.45. The maximum atomic E-state index is 11.9. The number of rotatable bonds is 6. The van der Waals surface area contributed by atoms with Crippen molar-refractivity contribution in [2.45, 2.75) is 9.79 Å². The molecule has 1 aromatic carbocycles. The highest BCUT2D eigenvalue weighted by Gasteiger charge is 2.25. The topological polar surface area (TPSA) is 140 Å². The molecule has 1 aromatic rings. The Balaban J connectivity index is 3.33. The Morgan fingerprint density at radius 3 is 1.50 bits per heavy atom. The molecule has 0 saturated carbocycles. The lowest BCUT2D eigenvalue weighted by atomic mass is 10.4. The maximum Gasteiger partial charge on any atom is 0.242 e. The van der Waals surface area contributed by atoms with Gasteiger partial charge in [0.25, 0.3) is 0 Å². The fourth-order valence-corrected chi connectivity index (χ4v) is 3.96. The number of hydrogen-bond donors (Lipinski definition) is 2. The summed E-state index contributed by atoms with van der Waals surface area (Å²) >= 11 is 0. The first-order chi connectivity index (χ1) is 9.35. The molecule has 0 unspecified atom stereocenters.